The van der Waals surface area contributed by atoms with Gasteiger partial charge in [0.1, 0.15) is 17.0 Å². The zero-order valence-corrected chi connectivity index (χ0v) is 9.06. The first-order valence-electron chi connectivity index (χ1n) is 5.43. The van der Waals surface area contributed by atoms with Crippen LogP contribution in [0.3, 0.4) is 0 Å². The summed E-state index contributed by atoms with van der Waals surface area (Å²) in [5, 5.41) is 0. The van der Waals surface area contributed by atoms with Gasteiger partial charge >= 0.3 is 0 Å². The average Bonchev–Trinajstić information content (AvgIpc) is 2.68. The highest BCUT2D eigenvalue weighted by Crippen LogP contribution is 2.44. The smallest absolute Gasteiger partial charge is 0.245 e. The van der Waals surface area contributed by atoms with Gasteiger partial charge in [0.25, 0.3) is 0 Å². The zero-order valence-electron chi connectivity index (χ0n) is 9.06. The lowest BCUT2D eigenvalue weighted by Gasteiger charge is -2.35. The third kappa shape index (κ3) is 1.26. The summed E-state index contributed by atoms with van der Waals surface area (Å²) in [7, 11) is 0. The summed E-state index contributed by atoms with van der Waals surface area (Å²) in [5.74, 6) is 0.941. The molecule has 1 aliphatic rings. The van der Waals surface area contributed by atoms with Gasteiger partial charge in [-0.3, -0.25) is 4.79 Å². The Morgan fingerprint density at radius 1 is 1.50 bits per heavy atom. The predicted octanol–water partition coefficient (Wildman–Crippen LogP) is 2.48. The quantitative estimate of drug-likeness (QED) is 0.723. The molecule has 1 aliphatic carbocycles. The number of hydrogen-bond acceptors (Lipinski definition) is 4. The maximum atomic E-state index is 10.6. The number of aldehydes is 1. The molecule has 0 saturated heterocycles. The van der Waals surface area contributed by atoms with E-state index in [1.807, 2.05) is 6.07 Å². The molecule has 1 saturated carbocycles. The highest BCUT2D eigenvalue weighted by molar-refractivity contribution is 5.77. The number of aromatic nitrogens is 2. The second-order valence-corrected chi connectivity index (χ2v) is 4.63. The molecule has 2 heterocycles. The number of hydrogen-bond donors (Lipinski definition) is 0. The molecule has 4 heteroatoms. The molecule has 16 heavy (non-hydrogen) atoms. The lowest BCUT2D eigenvalue weighted by molar-refractivity contribution is 0.111. The van der Waals surface area contributed by atoms with Crippen LogP contribution in [0.5, 0.6) is 0 Å². The third-order valence-electron chi connectivity index (χ3n) is 3.43. The second-order valence-electron chi connectivity index (χ2n) is 4.63. The van der Waals surface area contributed by atoms with Crippen LogP contribution in [0.25, 0.3) is 11.2 Å². The van der Waals surface area contributed by atoms with Gasteiger partial charge in [0.05, 0.1) is 6.20 Å². The number of fused-ring (bicyclic) bond motifs is 1. The van der Waals surface area contributed by atoms with Crippen molar-refractivity contribution >= 4 is 17.5 Å². The first-order chi connectivity index (χ1) is 7.71. The van der Waals surface area contributed by atoms with E-state index in [0.29, 0.717) is 23.2 Å². The monoisotopic (exact) mass is 216 g/mol. The van der Waals surface area contributed by atoms with Crippen molar-refractivity contribution in [2.45, 2.75) is 31.6 Å². The van der Waals surface area contributed by atoms with Gasteiger partial charge in [-0.25, -0.2) is 9.97 Å². The maximum absolute atomic E-state index is 10.6. The van der Waals surface area contributed by atoms with E-state index in [1.165, 1.54) is 12.6 Å². The van der Waals surface area contributed by atoms with Gasteiger partial charge in [-0.15, -0.1) is 0 Å². The number of furan rings is 1. The number of carbonyl (C=O) groups is 1. The minimum atomic E-state index is 0.143. The van der Waals surface area contributed by atoms with E-state index in [0.717, 1.165) is 18.6 Å². The summed E-state index contributed by atoms with van der Waals surface area (Å²) in [5.41, 5.74) is 1.68. The van der Waals surface area contributed by atoms with Gasteiger partial charge in [-0.1, -0.05) is 13.3 Å². The van der Waals surface area contributed by atoms with Gasteiger partial charge in [-0.2, -0.15) is 0 Å². The van der Waals surface area contributed by atoms with Crippen molar-refractivity contribution in [3.8, 4) is 0 Å². The normalized spacial score (nSPS) is 18.3. The van der Waals surface area contributed by atoms with E-state index >= 15 is 0 Å². The largest absolute Gasteiger partial charge is 0.441 e. The van der Waals surface area contributed by atoms with Crippen molar-refractivity contribution in [3.63, 3.8) is 0 Å². The molecule has 0 spiro atoms. The van der Waals surface area contributed by atoms with Crippen molar-refractivity contribution in [1.29, 1.82) is 0 Å². The fourth-order valence-corrected chi connectivity index (χ4v) is 2.14. The van der Waals surface area contributed by atoms with E-state index < -0.39 is 0 Å². The summed E-state index contributed by atoms with van der Waals surface area (Å²) in [6, 6.07) is 1.91. The molecule has 0 radical (unpaired) electrons. The molecule has 0 aromatic carbocycles. The Morgan fingerprint density at radius 3 is 2.94 bits per heavy atom. The molecule has 3 rings (SSSR count). The van der Waals surface area contributed by atoms with Gasteiger partial charge in [-0.05, 0) is 12.8 Å². The van der Waals surface area contributed by atoms with E-state index in [2.05, 4.69) is 16.9 Å². The highest BCUT2D eigenvalue weighted by Gasteiger charge is 2.37. The number of nitrogens with zero attached hydrogens (tertiary/aromatic N) is 2. The SMILES string of the molecule is CC1(c2cc3nc(C=O)cnc3o2)CCC1. The molecule has 0 bridgehead atoms. The fourth-order valence-electron chi connectivity index (χ4n) is 2.14. The van der Waals surface area contributed by atoms with Crippen LogP contribution in [0.4, 0.5) is 0 Å². The summed E-state index contributed by atoms with van der Waals surface area (Å²) < 4.78 is 5.68. The standard InChI is InChI=1S/C12H12N2O2/c1-12(3-2-4-12)10-5-9-11(16-10)13-6-8(7-15)14-9/h5-7H,2-4H2,1H3. The van der Waals surface area contributed by atoms with Gasteiger partial charge in [0.15, 0.2) is 6.29 Å². The Bertz CT molecular complexity index is 555. The van der Waals surface area contributed by atoms with Gasteiger partial charge in [0.2, 0.25) is 5.71 Å². The first kappa shape index (κ1) is 9.51. The van der Waals surface area contributed by atoms with Crippen molar-refractivity contribution in [2.24, 2.45) is 0 Å². The molecule has 2 aromatic rings. The minimum Gasteiger partial charge on any atom is -0.441 e. The van der Waals surface area contributed by atoms with Crippen LogP contribution in [0.15, 0.2) is 16.7 Å². The molecular weight excluding hydrogens is 204 g/mol. The molecular formula is C12H12N2O2. The lowest BCUT2D eigenvalue weighted by atomic mass is 9.69. The Balaban J connectivity index is 2.12. The molecule has 2 aromatic heterocycles. The maximum Gasteiger partial charge on any atom is 0.245 e. The van der Waals surface area contributed by atoms with Gasteiger partial charge < -0.3 is 4.42 Å². The molecule has 0 unspecified atom stereocenters. The Kier molecular flexibility index (Phi) is 1.87. The van der Waals surface area contributed by atoms with E-state index in [1.54, 1.807) is 0 Å². The summed E-state index contributed by atoms with van der Waals surface area (Å²) in [4.78, 5) is 18.8. The predicted molar refractivity (Wildman–Crippen MR) is 58.4 cm³/mol. The van der Waals surface area contributed by atoms with Crippen LogP contribution >= 0.6 is 0 Å². The summed E-state index contributed by atoms with van der Waals surface area (Å²) >= 11 is 0. The van der Waals surface area contributed by atoms with Crippen LogP contribution in [0.2, 0.25) is 0 Å². The topological polar surface area (TPSA) is 56.0 Å². The lowest BCUT2D eigenvalue weighted by Crippen LogP contribution is -2.29. The molecule has 0 N–H and O–H groups in total. The van der Waals surface area contributed by atoms with E-state index in [9.17, 15) is 4.79 Å². The average molecular weight is 216 g/mol. The Hall–Kier alpha value is -1.71. The van der Waals surface area contributed by atoms with E-state index in [-0.39, 0.29) is 5.41 Å². The third-order valence-corrected chi connectivity index (χ3v) is 3.43. The minimum absolute atomic E-state index is 0.143. The van der Waals surface area contributed by atoms with Crippen LogP contribution in [0.1, 0.15) is 42.4 Å². The zero-order chi connectivity index (χ0) is 11.2. The fraction of sp³-hybridized carbons (Fsp3) is 0.417. The van der Waals surface area contributed by atoms with Crippen molar-refractivity contribution < 1.29 is 9.21 Å². The van der Waals surface area contributed by atoms with E-state index in [4.69, 9.17) is 4.42 Å². The summed E-state index contributed by atoms with van der Waals surface area (Å²) in [6.07, 6.45) is 5.67. The van der Waals surface area contributed by atoms with Crippen molar-refractivity contribution in [1.82, 2.24) is 9.97 Å². The molecule has 1 fully saturated rings. The number of rotatable bonds is 2. The molecule has 4 nitrogen and oxygen atoms in total. The molecule has 0 aliphatic heterocycles. The molecule has 82 valence electrons. The van der Waals surface area contributed by atoms with Crippen LogP contribution in [-0.2, 0) is 5.41 Å². The van der Waals surface area contributed by atoms with Crippen molar-refractivity contribution in [3.05, 3.63) is 23.7 Å². The first-order valence-corrected chi connectivity index (χ1v) is 5.43. The number of carbonyl (C=O) groups excluding carboxylic acids is 1. The van der Waals surface area contributed by atoms with Crippen molar-refractivity contribution in [2.75, 3.05) is 0 Å². The Morgan fingerprint density at radius 2 is 2.31 bits per heavy atom. The van der Waals surface area contributed by atoms with Crippen LogP contribution < -0.4 is 0 Å². The Labute approximate surface area is 92.7 Å². The molecule has 0 amide bonds. The second kappa shape index (κ2) is 3.14. The van der Waals surface area contributed by atoms with Gasteiger partial charge in [0, 0.05) is 11.5 Å². The van der Waals surface area contributed by atoms with Crippen LogP contribution in [-0.4, -0.2) is 16.3 Å². The molecule has 0 atom stereocenters. The summed E-state index contributed by atoms with van der Waals surface area (Å²) in [6.45, 7) is 2.19. The van der Waals surface area contributed by atoms with Crippen LogP contribution in [0, 0.1) is 0 Å². The highest BCUT2D eigenvalue weighted by atomic mass is 16.3.